The third-order valence-corrected chi connectivity index (χ3v) is 10.6. The van der Waals surface area contributed by atoms with Gasteiger partial charge in [0, 0.05) is 18.3 Å². The molecule has 4 heterocycles. The van der Waals surface area contributed by atoms with Crippen molar-refractivity contribution < 1.29 is 19.1 Å². The van der Waals surface area contributed by atoms with Gasteiger partial charge in [-0.05, 0) is 81.8 Å². The van der Waals surface area contributed by atoms with E-state index in [1.165, 1.54) is 25.7 Å². The molecule has 4 aliphatic heterocycles. The van der Waals surface area contributed by atoms with E-state index in [0.717, 1.165) is 44.5 Å². The molecular weight excluding hydrogens is 516 g/mol. The predicted octanol–water partition coefficient (Wildman–Crippen LogP) is 3.90. The largest absolute Gasteiger partial charge is 0.359 e. The monoisotopic (exact) mass is 562 g/mol. The highest BCUT2D eigenvalue weighted by molar-refractivity contribution is 6.02. The Bertz CT molecular complexity index is 1200. The van der Waals surface area contributed by atoms with E-state index in [1.54, 1.807) is 4.90 Å². The van der Waals surface area contributed by atoms with Gasteiger partial charge in [-0.25, -0.2) is 0 Å². The molecule has 0 radical (unpaired) electrons. The maximum Gasteiger partial charge on any atom is 0.246 e. The standard InChI is InChI=1S/C33H46N4O4/c1-21-10-7-12-24(20-21)34-30(38)27-26-14-15-33(41-26)28(27)32(40)37(19-9-18-36-16-5-4-6-17-36)29(33)31(39)35-25-13-8-11-22(2)23(25)3/h7,10,12,14-15,20,22-23,25-29H,4-6,8-9,11,13,16-19H2,1-3H3,(H,34,38)(H,35,39). The summed E-state index contributed by atoms with van der Waals surface area (Å²) in [6, 6.07) is 6.97. The Kier molecular flexibility index (Phi) is 7.98. The van der Waals surface area contributed by atoms with Gasteiger partial charge in [0.25, 0.3) is 0 Å². The normalized spacial score (nSPS) is 36.4. The summed E-state index contributed by atoms with van der Waals surface area (Å²) in [6.07, 6.45) is 11.0. The van der Waals surface area contributed by atoms with Crippen LogP contribution in [0.3, 0.4) is 0 Å². The molecule has 3 amide bonds. The summed E-state index contributed by atoms with van der Waals surface area (Å²) in [5.41, 5.74) is 0.632. The molecule has 8 unspecified atom stereocenters. The topological polar surface area (TPSA) is 91.0 Å². The van der Waals surface area contributed by atoms with Crippen molar-refractivity contribution in [1.82, 2.24) is 15.1 Å². The second kappa shape index (κ2) is 11.5. The number of likely N-dealkylation sites (tertiary alicyclic amines) is 2. The predicted molar refractivity (Wildman–Crippen MR) is 158 cm³/mol. The van der Waals surface area contributed by atoms with Gasteiger partial charge in [0.15, 0.2) is 0 Å². The van der Waals surface area contributed by atoms with Crippen molar-refractivity contribution >= 4 is 23.4 Å². The fourth-order valence-corrected chi connectivity index (χ4v) is 8.15. The number of piperidine rings is 1. The third kappa shape index (κ3) is 5.22. The fraction of sp³-hybridized carbons (Fsp3) is 0.667. The van der Waals surface area contributed by atoms with Crippen LogP contribution in [0.25, 0.3) is 0 Å². The molecule has 6 rings (SSSR count). The molecule has 4 fully saturated rings. The Labute approximate surface area is 244 Å². The number of hydrogen-bond donors (Lipinski definition) is 2. The van der Waals surface area contributed by atoms with E-state index in [1.807, 2.05) is 43.3 Å². The van der Waals surface area contributed by atoms with Gasteiger partial charge in [0.2, 0.25) is 17.7 Å². The smallest absolute Gasteiger partial charge is 0.246 e. The first-order valence-electron chi connectivity index (χ1n) is 15.9. The minimum absolute atomic E-state index is 0.0787. The van der Waals surface area contributed by atoms with E-state index >= 15 is 0 Å². The van der Waals surface area contributed by atoms with Crippen molar-refractivity contribution in [3.8, 4) is 0 Å². The molecule has 1 aromatic carbocycles. The van der Waals surface area contributed by atoms with E-state index in [9.17, 15) is 14.4 Å². The summed E-state index contributed by atoms with van der Waals surface area (Å²) < 4.78 is 6.54. The van der Waals surface area contributed by atoms with Gasteiger partial charge in [-0.3, -0.25) is 14.4 Å². The summed E-state index contributed by atoms with van der Waals surface area (Å²) in [4.78, 5) is 46.3. The second-order valence-corrected chi connectivity index (χ2v) is 13.2. The van der Waals surface area contributed by atoms with Crippen LogP contribution >= 0.6 is 0 Å². The molecule has 8 heteroatoms. The zero-order chi connectivity index (χ0) is 28.7. The van der Waals surface area contributed by atoms with Gasteiger partial charge in [-0.2, -0.15) is 0 Å². The number of nitrogens with zero attached hydrogens (tertiary/aromatic N) is 2. The fourth-order valence-electron chi connectivity index (χ4n) is 8.15. The van der Waals surface area contributed by atoms with E-state index in [0.29, 0.717) is 24.1 Å². The average Bonchev–Trinajstić information content (AvgIpc) is 3.59. The van der Waals surface area contributed by atoms with Crippen molar-refractivity contribution in [1.29, 1.82) is 0 Å². The van der Waals surface area contributed by atoms with Crippen LogP contribution in [-0.4, -0.2) is 77.5 Å². The third-order valence-electron chi connectivity index (χ3n) is 10.6. The van der Waals surface area contributed by atoms with Crippen molar-refractivity contribution in [3.63, 3.8) is 0 Å². The molecule has 222 valence electrons. The Morgan fingerprint density at radius 1 is 1.05 bits per heavy atom. The lowest BCUT2D eigenvalue weighted by molar-refractivity contribution is -0.141. The van der Waals surface area contributed by atoms with Crippen LogP contribution in [0.4, 0.5) is 5.69 Å². The quantitative estimate of drug-likeness (QED) is 0.469. The summed E-state index contributed by atoms with van der Waals surface area (Å²) in [7, 11) is 0. The van der Waals surface area contributed by atoms with Gasteiger partial charge >= 0.3 is 0 Å². The number of carbonyl (C=O) groups excluding carboxylic acids is 3. The number of rotatable bonds is 8. The van der Waals surface area contributed by atoms with Crippen molar-refractivity contribution in [2.45, 2.75) is 89.5 Å². The zero-order valence-electron chi connectivity index (χ0n) is 24.8. The van der Waals surface area contributed by atoms with Crippen LogP contribution in [0.15, 0.2) is 36.4 Å². The van der Waals surface area contributed by atoms with Crippen LogP contribution in [0.5, 0.6) is 0 Å². The summed E-state index contributed by atoms with van der Waals surface area (Å²) in [5.74, 6) is -0.984. The number of fused-ring (bicyclic) bond motifs is 1. The minimum Gasteiger partial charge on any atom is -0.359 e. The lowest BCUT2D eigenvalue weighted by Gasteiger charge is -2.38. The van der Waals surface area contributed by atoms with Crippen molar-refractivity contribution in [3.05, 3.63) is 42.0 Å². The minimum atomic E-state index is -1.12. The van der Waals surface area contributed by atoms with E-state index in [2.05, 4.69) is 29.4 Å². The molecule has 5 aliphatic rings. The Morgan fingerprint density at radius 3 is 2.63 bits per heavy atom. The molecule has 1 spiro atoms. The second-order valence-electron chi connectivity index (χ2n) is 13.2. The van der Waals surface area contributed by atoms with Crippen molar-refractivity contribution in [2.75, 3.05) is 31.5 Å². The first-order valence-corrected chi connectivity index (χ1v) is 15.9. The van der Waals surface area contributed by atoms with E-state index < -0.39 is 29.6 Å². The Hall–Kier alpha value is -2.71. The number of hydrogen-bond acceptors (Lipinski definition) is 5. The van der Waals surface area contributed by atoms with Crippen LogP contribution in [0.1, 0.15) is 64.4 Å². The molecule has 8 nitrogen and oxygen atoms in total. The van der Waals surface area contributed by atoms with Gasteiger partial charge in [-0.1, -0.05) is 57.4 Å². The highest BCUT2D eigenvalue weighted by atomic mass is 16.5. The number of aryl methyl sites for hydroxylation is 1. The SMILES string of the molecule is Cc1cccc(NC(=O)C2C3C=CC4(O3)C2C(=O)N(CCCN2CCCCC2)C4C(=O)NC2CCCC(C)C2C)c1. The van der Waals surface area contributed by atoms with Gasteiger partial charge < -0.3 is 25.2 Å². The van der Waals surface area contributed by atoms with Crippen LogP contribution in [0.2, 0.25) is 0 Å². The lowest BCUT2D eigenvalue weighted by atomic mass is 9.73. The number of amides is 3. The maximum atomic E-state index is 14.2. The molecule has 8 atom stereocenters. The molecule has 3 saturated heterocycles. The number of anilines is 1. The van der Waals surface area contributed by atoms with Crippen LogP contribution in [0, 0.1) is 30.6 Å². The van der Waals surface area contributed by atoms with Crippen molar-refractivity contribution in [2.24, 2.45) is 23.7 Å². The zero-order valence-corrected chi connectivity index (χ0v) is 24.8. The van der Waals surface area contributed by atoms with E-state index in [-0.39, 0.29) is 23.8 Å². The summed E-state index contributed by atoms with van der Waals surface area (Å²) in [5, 5.41) is 6.38. The van der Waals surface area contributed by atoms with E-state index in [4.69, 9.17) is 4.74 Å². The molecule has 0 aromatic heterocycles. The Balaban J connectivity index is 1.25. The van der Waals surface area contributed by atoms with Crippen LogP contribution < -0.4 is 10.6 Å². The number of benzene rings is 1. The van der Waals surface area contributed by atoms with Gasteiger partial charge in [0.05, 0.1) is 17.9 Å². The Morgan fingerprint density at radius 2 is 1.85 bits per heavy atom. The number of carbonyl (C=O) groups is 3. The highest BCUT2D eigenvalue weighted by Gasteiger charge is 2.72. The molecule has 1 aromatic rings. The maximum absolute atomic E-state index is 14.2. The molecule has 1 saturated carbocycles. The van der Waals surface area contributed by atoms with Crippen LogP contribution in [-0.2, 0) is 19.1 Å². The van der Waals surface area contributed by atoms with Gasteiger partial charge in [-0.15, -0.1) is 0 Å². The number of nitrogens with one attached hydrogen (secondary N) is 2. The first kappa shape index (κ1) is 28.4. The van der Waals surface area contributed by atoms with Gasteiger partial charge in [0.1, 0.15) is 11.6 Å². The average molecular weight is 563 g/mol. The first-order chi connectivity index (χ1) is 19.8. The lowest BCUT2D eigenvalue weighted by Crippen LogP contribution is -2.58. The molecule has 2 N–H and O–H groups in total. The highest BCUT2D eigenvalue weighted by Crippen LogP contribution is 2.55. The number of ether oxygens (including phenoxy) is 1. The molecule has 2 bridgehead atoms. The summed E-state index contributed by atoms with van der Waals surface area (Å²) in [6.45, 7) is 10.0. The molecule has 1 aliphatic carbocycles. The molecule has 41 heavy (non-hydrogen) atoms. The summed E-state index contributed by atoms with van der Waals surface area (Å²) >= 11 is 0. The molecular formula is C33H46N4O4.